The average molecular weight is 441 g/mol. The first-order valence-corrected chi connectivity index (χ1v) is 8.07. The molecule has 0 fully saturated rings. The molecule has 0 aliphatic carbocycles. The first-order valence-electron chi connectivity index (χ1n) is 8.07. The summed E-state index contributed by atoms with van der Waals surface area (Å²) < 4.78 is 2.06. The second kappa shape index (κ2) is 10.3. The van der Waals surface area contributed by atoms with E-state index in [-0.39, 0.29) is 24.0 Å². The van der Waals surface area contributed by atoms with Crippen LogP contribution in [-0.4, -0.2) is 41.3 Å². The Labute approximate surface area is 162 Å². The maximum Gasteiger partial charge on any atom is 0.193 e. The lowest BCUT2D eigenvalue weighted by Gasteiger charge is -2.17. The van der Waals surface area contributed by atoms with Crippen LogP contribution in [0.15, 0.2) is 41.4 Å². The van der Waals surface area contributed by atoms with Gasteiger partial charge in [-0.05, 0) is 31.9 Å². The summed E-state index contributed by atoms with van der Waals surface area (Å²) >= 11 is 0. The largest absolute Gasteiger partial charge is 0.356 e. The van der Waals surface area contributed by atoms with Gasteiger partial charge in [0.1, 0.15) is 0 Å². The molecule has 2 rings (SSSR count). The van der Waals surface area contributed by atoms with Crippen molar-refractivity contribution in [1.82, 2.24) is 20.0 Å². The summed E-state index contributed by atoms with van der Waals surface area (Å²) in [6, 6.07) is 12.4. The van der Waals surface area contributed by atoms with E-state index in [0.717, 1.165) is 31.2 Å². The molecule has 132 valence electrons. The van der Waals surface area contributed by atoms with E-state index in [4.69, 9.17) is 0 Å². The van der Waals surface area contributed by atoms with Gasteiger partial charge in [0, 0.05) is 32.9 Å². The normalized spacial score (nSPS) is 11.1. The number of nitrogens with one attached hydrogen (secondary N) is 1. The zero-order valence-electron chi connectivity index (χ0n) is 15.0. The Morgan fingerprint density at radius 3 is 2.50 bits per heavy atom. The number of hydrogen-bond acceptors (Lipinski definition) is 2. The summed E-state index contributed by atoms with van der Waals surface area (Å²) in [4.78, 5) is 6.69. The van der Waals surface area contributed by atoms with Crippen LogP contribution in [0.3, 0.4) is 0 Å². The molecule has 0 aliphatic heterocycles. The van der Waals surface area contributed by atoms with E-state index in [9.17, 15) is 0 Å². The lowest BCUT2D eigenvalue weighted by molar-refractivity contribution is 0.534. The van der Waals surface area contributed by atoms with Gasteiger partial charge in [-0.1, -0.05) is 30.3 Å². The second-order valence-electron chi connectivity index (χ2n) is 5.95. The van der Waals surface area contributed by atoms with Gasteiger partial charge in [-0.3, -0.25) is 4.68 Å². The van der Waals surface area contributed by atoms with Gasteiger partial charge in [0.25, 0.3) is 0 Å². The Morgan fingerprint density at radius 1 is 1.21 bits per heavy atom. The van der Waals surface area contributed by atoms with E-state index in [2.05, 4.69) is 45.2 Å². The molecule has 0 spiro atoms. The summed E-state index contributed by atoms with van der Waals surface area (Å²) in [5.74, 6) is 0.919. The molecule has 0 atom stereocenters. The molecule has 1 N–H and O–H groups in total. The predicted octanol–water partition coefficient (Wildman–Crippen LogP) is 3.22. The van der Waals surface area contributed by atoms with Crippen LogP contribution in [0.25, 0.3) is 0 Å². The van der Waals surface area contributed by atoms with Crippen LogP contribution in [0.4, 0.5) is 0 Å². The zero-order chi connectivity index (χ0) is 16.7. The summed E-state index contributed by atoms with van der Waals surface area (Å²) in [7, 11) is 4.02. The quantitative estimate of drug-likeness (QED) is 0.324. The molecule has 24 heavy (non-hydrogen) atoms. The van der Waals surface area contributed by atoms with Crippen LogP contribution in [0.5, 0.6) is 0 Å². The monoisotopic (exact) mass is 441 g/mol. The highest BCUT2D eigenvalue weighted by Crippen LogP contribution is 2.03. The Balaban J connectivity index is 0.00000288. The van der Waals surface area contributed by atoms with Crippen LogP contribution in [0.1, 0.15) is 23.4 Å². The van der Waals surface area contributed by atoms with Crippen molar-refractivity contribution in [2.75, 3.05) is 20.6 Å². The highest BCUT2D eigenvalue weighted by atomic mass is 127. The minimum absolute atomic E-state index is 0. The Hall–Kier alpha value is -1.57. The maximum atomic E-state index is 4.67. The predicted molar refractivity (Wildman–Crippen MR) is 111 cm³/mol. The van der Waals surface area contributed by atoms with Gasteiger partial charge in [0.2, 0.25) is 0 Å². The third-order valence-electron chi connectivity index (χ3n) is 3.61. The van der Waals surface area contributed by atoms with Crippen LogP contribution in [0, 0.1) is 13.8 Å². The molecule has 1 aromatic carbocycles. The van der Waals surface area contributed by atoms with Crippen molar-refractivity contribution in [3.05, 3.63) is 53.3 Å². The van der Waals surface area contributed by atoms with Gasteiger partial charge in [0.15, 0.2) is 5.96 Å². The molecule has 1 aromatic heterocycles. The van der Waals surface area contributed by atoms with E-state index in [1.54, 1.807) is 0 Å². The fourth-order valence-electron chi connectivity index (χ4n) is 2.44. The van der Waals surface area contributed by atoms with Crippen molar-refractivity contribution in [2.45, 2.75) is 33.4 Å². The Kier molecular flexibility index (Phi) is 8.81. The first-order chi connectivity index (χ1) is 11.1. The van der Waals surface area contributed by atoms with E-state index in [1.165, 1.54) is 11.3 Å². The standard InChI is InChI=1S/C18H27N5.HI/c1-15-13-16(2)23(21-15)12-8-11-19-18(22(3)4)20-14-17-9-6-5-7-10-17;/h5-7,9-10,13H,8,11-12,14H2,1-4H3,(H,19,20);1H. The number of nitrogens with zero attached hydrogens (tertiary/aromatic N) is 4. The maximum absolute atomic E-state index is 4.67. The smallest absolute Gasteiger partial charge is 0.193 e. The molecule has 0 saturated heterocycles. The number of aromatic nitrogens is 2. The highest BCUT2D eigenvalue weighted by Gasteiger charge is 2.03. The van der Waals surface area contributed by atoms with E-state index in [1.807, 2.05) is 44.1 Å². The number of aryl methyl sites for hydroxylation is 3. The number of halogens is 1. The van der Waals surface area contributed by atoms with Crippen molar-refractivity contribution in [3.8, 4) is 0 Å². The fourth-order valence-corrected chi connectivity index (χ4v) is 2.44. The Bertz CT molecular complexity index is 634. The van der Waals surface area contributed by atoms with E-state index < -0.39 is 0 Å². The minimum Gasteiger partial charge on any atom is -0.356 e. The second-order valence-corrected chi connectivity index (χ2v) is 5.95. The lowest BCUT2D eigenvalue weighted by atomic mass is 10.2. The molecular weight excluding hydrogens is 413 g/mol. The van der Waals surface area contributed by atoms with Gasteiger partial charge in [-0.25, -0.2) is 4.99 Å². The number of aliphatic imine (C=N–C) groups is 1. The van der Waals surface area contributed by atoms with Crippen molar-refractivity contribution in [2.24, 2.45) is 4.99 Å². The summed E-state index contributed by atoms with van der Waals surface area (Å²) in [6.45, 7) is 6.62. The molecule has 0 bridgehead atoms. The number of hydrogen-bond donors (Lipinski definition) is 1. The van der Waals surface area contributed by atoms with Crippen LogP contribution in [0.2, 0.25) is 0 Å². The molecule has 6 heteroatoms. The average Bonchev–Trinajstić information content (AvgIpc) is 2.85. The van der Waals surface area contributed by atoms with Gasteiger partial charge >= 0.3 is 0 Å². The molecule has 0 aliphatic rings. The molecule has 0 unspecified atom stereocenters. The van der Waals surface area contributed by atoms with Crippen LogP contribution < -0.4 is 5.32 Å². The van der Waals surface area contributed by atoms with Gasteiger partial charge in [-0.2, -0.15) is 5.10 Å². The molecule has 1 heterocycles. The molecule has 5 nitrogen and oxygen atoms in total. The summed E-state index contributed by atoms with van der Waals surface area (Å²) in [5, 5.41) is 7.91. The van der Waals surface area contributed by atoms with E-state index >= 15 is 0 Å². The molecular formula is C18H28IN5. The number of benzene rings is 1. The van der Waals surface area contributed by atoms with Crippen molar-refractivity contribution < 1.29 is 0 Å². The molecule has 2 aromatic rings. The topological polar surface area (TPSA) is 45.5 Å². The van der Waals surface area contributed by atoms with Crippen molar-refractivity contribution in [3.63, 3.8) is 0 Å². The Morgan fingerprint density at radius 2 is 1.92 bits per heavy atom. The van der Waals surface area contributed by atoms with Gasteiger partial charge < -0.3 is 10.2 Å². The zero-order valence-corrected chi connectivity index (χ0v) is 17.3. The summed E-state index contributed by atoms with van der Waals surface area (Å²) in [5.41, 5.74) is 3.51. The van der Waals surface area contributed by atoms with Crippen molar-refractivity contribution in [1.29, 1.82) is 0 Å². The SMILES string of the molecule is Cc1cc(C)n(CCCNC(=NCc2ccccc2)N(C)C)n1.I. The molecule has 0 radical (unpaired) electrons. The van der Waals surface area contributed by atoms with Gasteiger partial charge in [-0.15, -0.1) is 24.0 Å². The fraction of sp³-hybridized carbons (Fsp3) is 0.444. The minimum atomic E-state index is 0. The molecule has 0 amide bonds. The van der Waals surface area contributed by atoms with Gasteiger partial charge in [0.05, 0.1) is 12.2 Å². The third-order valence-corrected chi connectivity index (χ3v) is 3.61. The lowest BCUT2D eigenvalue weighted by Crippen LogP contribution is -2.37. The summed E-state index contributed by atoms with van der Waals surface area (Å²) in [6.07, 6.45) is 1.01. The third kappa shape index (κ3) is 6.51. The highest BCUT2D eigenvalue weighted by molar-refractivity contribution is 14.0. The van der Waals surface area contributed by atoms with Crippen molar-refractivity contribution >= 4 is 29.9 Å². The van der Waals surface area contributed by atoms with Crippen LogP contribution in [-0.2, 0) is 13.1 Å². The van der Waals surface area contributed by atoms with E-state index in [0.29, 0.717) is 6.54 Å². The number of guanidine groups is 1. The van der Waals surface area contributed by atoms with Crippen LogP contribution >= 0.6 is 24.0 Å². The first kappa shape index (κ1) is 20.5. The number of rotatable bonds is 6. The molecule has 0 saturated carbocycles.